The summed E-state index contributed by atoms with van der Waals surface area (Å²) in [5, 5.41) is 0. The lowest BCUT2D eigenvalue weighted by molar-refractivity contribution is 0.217. The lowest BCUT2D eigenvalue weighted by atomic mass is 10.0. The average molecular weight is 273 g/mol. The fourth-order valence-electron chi connectivity index (χ4n) is 2.00. The minimum Gasteiger partial charge on any atom is -0.491 e. The second kappa shape index (κ2) is 5.67. The molecule has 1 aromatic heterocycles. The Morgan fingerprint density at radius 1 is 1.40 bits per heavy atom. The second-order valence-electron chi connectivity index (χ2n) is 5.70. The van der Waals surface area contributed by atoms with Crippen molar-refractivity contribution in [2.24, 2.45) is 5.73 Å². The lowest BCUT2D eigenvalue weighted by Crippen LogP contribution is -2.31. The Labute approximate surface area is 120 Å². The van der Waals surface area contributed by atoms with E-state index in [2.05, 4.69) is 18.8 Å². The van der Waals surface area contributed by atoms with Crippen molar-refractivity contribution in [3.05, 3.63) is 42.5 Å². The molecule has 4 nitrogen and oxygen atoms in total. The summed E-state index contributed by atoms with van der Waals surface area (Å²) < 4.78 is 7.87. The van der Waals surface area contributed by atoms with Crippen LogP contribution in [0, 0.1) is 0 Å². The van der Waals surface area contributed by atoms with Crippen molar-refractivity contribution in [3.8, 4) is 11.4 Å². The molecule has 2 rings (SSSR count). The fraction of sp³-hybridized carbons (Fsp3) is 0.438. The maximum atomic E-state index is 6.19. The Balaban J connectivity index is 2.35. The van der Waals surface area contributed by atoms with Gasteiger partial charge in [0.25, 0.3) is 0 Å². The van der Waals surface area contributed by atoms with Gasteiger partial charge in [0.15, 0.2) is 0 Å². The third-order valence-corrected chi connectivity index (χ3v) is 3.31. The van der Waals surface area contributed by atoms with E-state index in [9.17, 15) is 0 Å². The molecule has 0 bridgehead atoms. The Morgan fingerprint density at radius 3 is 2.80 bits per heavy atom. The molecule has 20 heavy (non-hydrogen) atoms. The summed E-state index contributed by atoms with van der Waals surface area (Å²) in [7, 11) is 0. The lowest BCUT2D eigenvalue weighted by Gasteiger charge is -2.21. The molecule has 1 aromatic carbocycles. The third-order valence-electron chi connectivity index (χ3n) is 3.31. The van der Waals surface area contributed by atoms with Gasteiger partial charge in [-0.25, -0.2) is 4.98 Å². The molecule has 2 aromatic rings. The highest BCUT2D eigenvalue weighted by atomic mass is 16.5. The van der Waals surface area contributed by atoms with Gasteiger partial charge in [-0.15, -0.1) is 0 Å². The van der Waals surface area contributed by atoms with Gasteiger partial charge < -0.3 is 15.0 Å². The van der Waals surface area contributed by atoms with Gasteiger partial charge in [-0.2, -0.15) is 0 Å². The standard InChI is InChI=1S/C16H23N3O/c1-5-12(2)20-14-8-6-7-13(9-14)19-11-18-10-15(19)16(3,4)17/h6-12H,5,17H2,1-4H3. The average Bonchev–Trinajstić information content (AvgIpc) is 2.88. The van der Waals surface area contributed by atoms with Crippen LogP contribution in [0.2, 0.25) is 0 Å². The van der Waals surface area contributed by atoms with E-state index in [-0.39, 0.29) is 6.10 Å². The summed E-state index contributed by atoms with van der Waals surface area (Å²) in [4.78, 5) is 4.21. The van der Waals surface area contributed by atoms with Gasteiger partial charge in [-0.3, -0.25) is 0 Å². The quantitative estimate of drug-likeness (QED) is 0.910. The van der Waals surface area contributed by atoms with Crippen molar-refractivity contribution in [3.63, 3.8) is 0 Å². The predicted octanol–water partition coefficient (Wildman–Crippen LogP) is 3.24. The molecule has 0 aliphatic rings. The van der Waals surface area contributed by atoms with E-state index in [1.165, 1.54) is 0 Å². The first kappa shape index (κ1) is 14.6. The van der Waals surface area contributed by atoms with Gasteiger partial charge in [0.2, 0.25) is 0 Å². The van der Waals surface area contributed by atoms with Gasteiger partial charge in [-0.1, -0.05) is 13.0 Å². The van der Waals surface area contributed by atoms with E-state index in [0.29, 0.717) is 0 Å². The number of aromatic nitrogens is 2. The topological polar surface area (TPSA) is 53.1 Å². The van der Waals surface area contributed by atoms with Crippen molar-refractivity contribution < 1.29 is 4.74 Å². The van der Waals surface area contributed by atoms with Crippen molar-refractivity contribution in [1.82, 2.24) is 9.55 Å². The zero-order valence-electron chi connectivity index (χ0n) is 12.6. The molecule has 0 fully saturated rings. The summed E-state index contributed by atoms with van der Waals surface area (Å²) in [5.41, 5.74) is 7.73. The number of hydrogen-bond acceptors (Lipinski definition) is 3. The van der Waals surface area contributed by atoms with Crippen LogP contribution >= 0.6 is 0 Å². The zero-order valence-corrected chi connectivity index (χ0v) is 12.6. The molecule has 1 atom stereocenters. The van der Waals surface area contributed by atoms with Crippen LogP contribution in [0.1, 0.15) is 39.8 Å². The second-order valence-corrected chi connectivity index (χ2v) is 5.70. The van der Waals surface area contributed by atoms with E-state index in [0.717, 1.165) is 23.6 Å². The van der Waals surface area contributed by atoms with E-state index in [4.69, 9.17) is 10.5 Å². The number of benzene rings is 1. The molecule has 0 saturated heterocycles. The maximum absolute atomic E-state index is 6.19. The third kappa shape index (κ3) is 3.20. The van der Waals surface area contributed by atoms with Crippen molar-refractivity contribution in [2.45, 2.75) is 45.8 Å². The van der Waals surface area contributed by atoms with Gasteiger partial charge in [0, 0.05) is 6.07 Å². The van der Waals surface area contributed by atoms with E-state index >= 15 is 0 Å². The summed E-state index contributed by atoms with van der Waals surface area (Å²) in [5.74, 6) is 0.867. The molecule has 108 valence electrons. The summed E-state index contributed by atoms with van der Waals surface area (Å²) in [6, 6.07) is 8.00. The van der Waals surface area contributed by atoms with Gasteiger partial charge in [-0.05, 0) is 39.3 Å². The summed E-state index contributed by atoms with van der Waals surface area (Å²) in [6.45, 7) is 8.12. The molecule has 1 unspecified atom stereocenters. The molecule has 0 aliphatic carbocycles. The molecular weight excluding hydrogens is 250 g/mol. The van der Waals surface area contributed by atoms with Crippen LogP contribution < -0.4 is 10.5 Å². The number of nitrogens with zero attached hydrogens (tertiary/aromatic N) is 2. The summed E-state index contributed by atoms with van der Waals surface area (Å²) >= 11 is 0. The normalized spacial score (nSPS) is 13.2. The van der Waals surface area contributed by atoms with Crippen LogP contribution in [0.3, 0.4) is 0 Å². The molecule has 0 saturated carbocycles. The van der Waals surface area contributed by atoms with Crippen molar-refractivity contribution >= 4 is 0 Å². The SMILES string of the molecule is CCC(C)Oc1cccc(-n2cncc2C(C)(C)N)c1. The zero-order chi connectivity index (χ0) is 14.8. The molecule has 0 aliphatic heterocycles. The number of ether oxygens (including phenoxy) is 1. The predicted molar refractivity (Wildman–Crippen MR) is 81.2 cm³/mol. The highest BCUT2D eigenvalue weighted by Crippen LogP contribution is 2.23. The molecule has 4 heteroatoms. The van der Waals surface area contributed by atoms with Crippen molar-refractivity contribution in [1.29, 1.82) is 0 Å². The maximum Gasteiger partial charge on any atom is 0.121 e. The molecule has 0 amide bonds. The first-order valence-electron chi connectivity index (χ1n) is 7.00. The number of imidazole rings is 1. The monoisotopic (exact) mass is 273 g/mol. The van der Waals surface area contributed by atoms with Crippen LogP contribution in [0.5, 0.6) is 5.75 Å². The first-order chi connectivity index (χ1) is 9.41. The fourth-order valence-corrected chi connectivity index (χ4v) is 2.00. The highest BCUT2D eigenvalue weighted by molar-refractivity contribution is 5.41. The molecule has 1 heterocycles. The highest BCUT2D eigenvalue weighted by Gasteiger charge is 2.19. The van der Waals surface area contributed by atoms with Crippen LogP contribution in [-0.2, 0) is 5.54 Å². The van der Waals surface area contributed by atoms with Gasteiger partial charge >= 0.3 is 0 Å². The Kier molecular flexibility index (Phi) is 4.14. The van der Waals surface area contributed by atoms with E-state index < -0.39 is 5.54 Å². The summed E-state index contributed by atoms with van der Waals surface area (Å²) in [6.07, 6.45) is 4.78. The number of hydrogen-bond donors (Lipinski definition) is 1. The van der Waals surface area contributed by atoms with Crippen LogP contribution in [-0.4, -0.2) is 15.7 Å². The molecular formula is C16H23N3O. The largest absolute Gasteiger partial charge is 0.491 e. The smallest absolute Gasteiger partial charge is 0.121 e. The number of nitrogens with two attached hydrogens (primary N) is 1. The Hall–Kier alpha value is -1.81. The van der Waals surface area contributed by atoms with Crippen LogP contribution in [0.4, 0.5) is 0 Å². The molecule has 0 radical (unpaired) electrons. The minimum atomic E-state index is -0.440. The minimum absolute atomic E-state index is 0.207. The first-order valence-corrected chi connectivity index (χ1v) is 7.00. The number of rotatable bonds is 5. The van der Waals surface area contributed by atoms with Crippen LogP contribution in [0.25, 0.3) is 5.69 Å². The van der Waals surface area contributed by atoms with Crippen LogP contribution in [0.15, 0.2) is 36.8 Å². The van der Waals surface area contributed by atoms with Crippen molar-refractivity contribution in [2.75, 3.05) is 0 Å². The Bertz CT molecular complexity index is 569. The van der Waals surface area contributed by atoms with Gasteiger partial charge in [0.05, 0.1) is 35.5 Å². The molecule has 0 spiro atoms. The van der Waals surface area contributed by atoms with E-state index in [1.54, 1.807) is 6.33 Å². The van der Waals surface area contributed by atoms with E-state index in [1.807, 2.05) is 48.9 Å². The Morgan fingerprint density at radius 2 is 2.15 bits per heavy atom. The van der Waals surface area contributed by atoms with Gasteiger partial charge in [0.1, 0.15) is 5.75 Å². The molecule has 2 N–H and O–H groups in total.